The molecule has 0 aliphatic carbocycles. The van der Waals surface area contributed by atoms with Gasteiger partial charge >= 0.3 is 0 Å². The van der Waals surface area contributed by atoms with Crippen LogP contribution < -0.4 is 0 Å². The number of hydrogen-bond donors (Lipinski definition) is 1. The molecule has 5 nitrogen and oxygen atoms in total. The number of ether oxygens (including phenoxy) is 1. The third kappa shape index (κ3) is 7.29. The Kier molecular flexibility index (Phi) is 8.97. The quantitative estimate of drug-likeness (QED) is 0.375. The van der Waals surface area contributed by atoms with Crippen molar-refractivity contribution in [2.24, 2.45) is 5.16 Å². The molecule has 0 aromatic heterocycles. The summed E-state index contributed by atoms with van der Waals surface area (Å²) < 4.78 is 5.74. The van der Waals surface area contributed by atoms with Gasteiger partial charge in [0.15, 0.2) is 0 Å². The molecule has 0 saturated carbocycles. The van der Waals surface area contributed by atoms with E-state index in [9.17, 15) is 5.11 Å². The summed E-state index contributed by atoms with van der Waals surface area (Å²) in [7, 11) is 0. The van der Waals surface area contributed by atoms with Gasteiger partial charge in [0.25, 0.3) is 0 Å². The Morgan fingerprint density at radius 2 is 1.76 bits per heavy atom. The summed E-state index contributed by atoms with van der Waals surface area (Å²) in [5.74, 6) is 0. The van der Waals surface area contributed by atoms with E-state index >= 15 is 0 Å². The number of nitrogens with zero attached hydrogens (tertiary/aromatic N) is 2. The fourth-order valence-electron chi connectivity index (χ4n) is 4.00. The van der Waals surface area contributed by atoms with Crippen LogP contribution in [0.1, 0.15) is 23.1 Å². The number of rotatable bonds is 11. The van der Waals surface area contributed by atoms with Crippen LogP contribution in [0.2, 0.25) is 10.0 Å². The van der Waals surface area contributed by atoms with Gasteiger partial charge in [-0.25, -0.2) is 0 Å². The van der Waals surface area contributed by atoms with E-state index < -0.39 is 6.10 Å². The van der Waals surface area contributed by atoms with E-state index in [4.69, 9.17) is 32.8 Å². The average molecular weight is 499 g/mol. The molecule has 1 N–H and O–H groups in total. The molecular weight excluding hydrogens is 471 g/mol. The van der Waals surface area contributed by atoms with Crippen molar-refractivity contribution in [1.29, 1.82) is 0 Å². The molecule has 4 rings (SSSR count). The smallest absolute Gasteiger partial charge is 0.145 e. The zero-order chi connectivity index (χ0) is 23.8. The number of hydrogen-bond acceptors (Lipinski definition) is 5. The van der Waals surface area contributed by atoms with Gasteiger partial charge in [0.2, 0.25) is 0 Å². The van der Waals surface area contributed by atoms with E-state index in [2.05, 4.69) is 10.1 Å². The zero-order valence-electron chi connectivity index (χ0n) is 18.8. The maximum Gasteiger partial charge on any atom is 0.145 e. The molecule has 1 heterocycles. The first-order valence-electron chi connectivity index (χ1n) is 11.3. The Morgan fingerprint density at radius 3 is 2.56 bits per heavy atom. The summed E-state index contributed by atoms with van der Waals surface area (Å²) in [4.78, 5) is 7.89. The molecule has 2 unspecified atom stereocenters. The van der Waals surface area contributed by atoms with E-state index in [1.54, 1.807) is 0 Å². The van der Waals surface area contributed by atoms with E-state index in [0.29, 0.717) is 42.7 Å². The number of benzene rings is 3. The summed E-state index contributed by atoms with van der Waals surface area (Å²) in [5.41, 5.74) is 3.87. The Morgan fingerprint density at radius 1 is 1.00 bits per heavy atom. The molecule has 1 aliphatic heterocycles. The van der Waals surface area contributed by atoms with E-state index in [0.717, 1.165) is 22.4 Å². The van der Waals surface area contributed by atoms with Gasteiger partial charge in [-0.15, -0.1) is 0 Å². The van der Waals surface area contributed by atoms with Crippen LogP contribution in [0.3, 0.4) is 0 Å². The molecule has 34 heavy (non-hydrogen) atoms. The van der Waals surface area contributed by atoms with Gasteiger partial charge in [-0.3, -0.25) is 4.90 Å². The van der Waals surface area contributed by atoms with Gasteiger partial charge in [0, 0.05) is 41.7 Å². The van der Waals surface area contributed by atoms with Gasteiger partial charge in [0.1, 0.15) is 6.10 Å². The van der Waals surface area contributed by atoms with Crippen LogP contribution in [-0.2, 0) is 22.7 Å². The lowest BCUT2D eigenvalue weighted by Crippen LogP contribution is -2.39. The summed E-state index contributed by atoms with van der Waals surface area (Å²) in [6.07, 6.45) is -0.132. The van der Waals surface area contributed by atoms with Gasteiger partial charge in [-0.2, -0.15) is 0 Å². The average Bonchev–Trinajstić information content (AvgIpc) is 3.28. The second kappa shape index (κ2) is 12.3. The minimum atomic E-state index is -0.645. The van der Waals surface area contributed by atoms with E-state index in [1.807, 2.05) is 78.9 Å². The zero-order valence-corrected chi connectivity index (χ0v) is 20.3. The van der Waals surface area contributed by atoms with Crippen LogP contribution in [0.4, 0.5) is 0 Å². The molecule has 0 fully saturated rings. The molecule has 7 heteroatoms. The Balaban J connectivity index is 1.35. The van der Waals surface area contributed by atoms with Crippen molar-refractivity contribution in [2.45, 2.75) is 31.8 Å². The molecule has 2 atom stereocenters. The third-order valence-electron chi connectivity index (χ3n) is 5.57. The maximum absolute atomic E-state index is 10.7. The maximum atomic E-state index is 10.7. The normalized spacial score (nSPS) is 16.4. The molecule has 3 aromatic carbocycles. The number of aliphatic hydroxyl groups excluding tert-OH is 1. The molecule has 0 bridgehead atoms. The predicted molar refractivity (Wildman–Crippen MR) is 136 cm³/mol. The van der Waals surface area contributed by atoms with Crippen LogP contribution in [0, 0.1) is 0 Å². The van der Waals surface area contributed by atoms with Gasteiger partial charge in [-0.1, -0.05) is 89.0 Å². The Hall–Kier alpha value is -2.41. The second-order valence-corrected chi connectivity index (χ2v) is 9.27. The first-order valence-corrected chi connectivity index (χ1v) is 12.1. The summed E-state index contributed by atoms with van der Waals surface area (Å²) >= 11 is 12.5. The largest absolute Gasteiger partial charge is 0.390 e. The molecule has 3 aromatic rings. The van der Waals surface area contributed by atoms with E-state index in [-0.39, 0.29) is 12.7 Å². The first kappa shape index (κ1) is 24.7. The van der Waals surface area contributed by atoms with Crippen molar-refractivity contribution in [3.05, 3.63) is 106 Å². The third-order valence-corrected chi connectivity index (χ3v) is 6.13. The summed E-state index contributed by atoms with van der Waals surface area (Å²) in [5, 5.41) is 16.3. The van der Waals surface area contributed by atoms with Crippen LogP contribution in [0.15, 0.2) is 84.0 Å². The van der Waals surface area contributed by atoms with Crippen molar-refractivity contribution in [1.82, 2.24) is 4.90 Å². The molecule has 178 valence electrons. The fourth-order valence-corrected chi connectivity index (χ4v) is 4.46. The Bertz CT molecular complexity index is 1090. The number of halogens is 2. The molecule has 0 amide bonds. The first-order chi connectivity index (χ1) is 16.6. The highest BCUT2D eigenvalue weighted by molar-refractivity contribution is 6.34. The highest BCUT2D eigenvalue weighted by Crippen LogP contribution is 2.24. The molecule has 1 aliphatic rings. The minimum Gasteiger partial charge on any atom is -0.390 e. The fraction of sp³-hybridized carbons (Fsp3) is 0.296. The minimum absolute atomic E-state index is 0.136. The number of aliphatic hydroxyl groups is 1. The van der Waals surface area contributed by atoms with Crippen molar-refractivity contribution in [3.8, 4) is 0 Å². The van der Waals surface area contributed by atoms with Crippen LogP contribution >= 0.6 is 23.2 Å². The lowest BCUT2D eigenvalue weighted by molar-refractivity contribution is -0.00648. The second-order valence-electron chi connectivity index (χ2n) is 8.43. The standard InChI is InChI=1S/C27H28Cl2N2O3/c28-22-10-6-9-21(13-22)15-31(16-23(32)19-33-18-20-7-2-1-3-8-20)17-24-14-27(30-34-24)25-11-4-5-12-26(25)29/h1-13,23-24,32H,14-19H2. The van der Waals surface area contributed by atoms with Crippen LogP contribution in [0.25, 0.3) is 0 Å². The van der Waals surface area contributed by atoms with Crippen LogP contribution in [0.5, 0.6) is 0 Å². The summed E-state index contributed by atoms with van der Waals surface area (Å²) in [6, 6.07) is 25.3. The van der Waals surface area contributed by atoms with Crippen LogP contribution in [-0.4, -0.2) is 47.6 Å². The highest BCUT2D eigenvalue weighted by Gasteiger charge is 2.26. The highest BCUT2D eigenvalue weighted by atomic mass is 35.5. The summed E-state index contributed by atoms with van der Waals surface area (Å²) in [6.45, 7) is 2.36. The van der Waals surface area contributed by atoms with Gasteiger partial charge in [0.05, 0.1) is 25.0 Å². The lowest BCUT2D eigenvalue weighted by Gasteiger charge is -2.27. The Labute approximate surface area is 210 Å². The monoisotopic (exact) mass is 498 g/mol. The predicted octanol–water partition coefficient (Wildman–Crippen LogP) is 5.57. The van der Waals surface area contributed by atoms with Gasteiger partial charge in [-0.05, 0) is 29.3 Å². The molecular formula is C27H28Cl2N2O3. The lowest BCUT2D eigenvalue weighted by atomic mass is 10.0. The topological polar surface area (TPSA) is 54.3 Å². The van der Waals surface area contributed by atoms with Crippen molar-refractivity contribution in [2.75, 3.05) is 19.7 Å². The van der Waals surface area contributed by atoms with Crippen molar-refractivity contribution in [3.63, 3.8) is 0 Å². The molecule has 0 saturated heterocycles. The van der Waals surface area contributed by atoms with Gasteiger partial charge < -0.3 is 14.7 Å². The number of oxime groups is 1. The molecule has 0 spiro atoms. The van der Waals surface area contributed by atoms with E-state index in [1.165, 1.54) is 0 Å². The SMILES string of the molecule is OC(COCc1ccccc1)CN(Cc1cccc(Cl)c1)CC1CC(c2ccccc2Cl)=NO1. The van der Waals surface area contributed by atoms with Crippen molar-refractivity contribution < 1.29 is 14.7 Å². The molecule has 0 radical (unpaired) electrons. The van der Waals surface area contributed by atoms with Crippen molar-refractivity contribution >= 4 is 28.9 Å².